The second-order valence-electron chi connectivity index (χ2n) is 8.14. The van der Waals surface area contributed by atoms with Gasteiger partial charge in [0.2, 0.25) is 5.75 Å². The van der Waals surface area contributed by atoms with Gasteiger partial charge >= 0.3 is 0 Å². The molecule has 37 heavy (non-hydrogen) atoms. The van der Waals surface area contributed by atoms with Gasteiger partial charge in [-0.25, -0.2) is 5.01 Å². The number of hydrogen-bond acceptors (Lipinski definition) is 8. The fraction of sp³-hybridized carbons (Fsp3) is 0.286. The molecule has 9 nitrogen and oxygen atoms in total. The molecule has 1 heterocycles. The summed E-state index contributed by atoms with van der Waals surface area (Å²) in [6.45, 7) is 0. The van der Waals surface area contributed by atoms with Crippen molar-refractivity contribution < 1.29 is 33.2 Å². The first kappa shape index (κ1) is 25.7. The molecule has 3 aromatic carbocycles. The van der Waals surface area contributed by atoms with Gasteiger partial charge in [-0.2, -0.15) is 5.10 Å². The van der Waals surface area contributed by atoms with E-state index in [9.17, 15) is 4.79 Å². The van der Waals surface area contributed by atoms with E-state index in [0.29, 0.717) is 46.5 Å². The highest BCUT2D eigenvalue weighted by Crippen LogP contribution is 2.42. The van der Waals surface area contributed by atoms with Gasteiger partial charge in [-0.15, -0.1) is 0 Å². The Morgan fingerprint density at radius 1 is 0.730 bits per heavy atom. The van der Waals surface area contributed by atoms with Crippen LogP contribution in [0.25, 0.3) is 0 Å². The van der Waals surface area contributed by atoms with Crippen LogP contribution in [-0.4, -0.2) is 59.3 Å². The van der Waals surface area contributed by atoms with Gasteiger partial charge < -0.3 is 28.4 Å². The lowest BCUT2D eigenvalue weighted by Gasteiger charge is -2.24. The molecule has 0 aliphatic carbocycles. The van der Waals surface area contributed by atoms with Crippen LogP contribution in [0.3, 0.4) is 0 Å². The van der Waals surface area contributed by atoms with E-state index in [4.69, 9.17) is 33.5 Å². The molecule has 0 unspecified atom stereocenters. The zero-order valence-electron chi connectivity index (χ0n) is 21.7. The number of ether oxygens (including phenoxy) is 6. The van der Waals surface area contributed by atoms with E-state index >= 15 is 0 Å². The SMILES string of the molecule is COc1ccc(C2=NN(C(=O)c3cc(OC)c(OC)c(OC)c3)[C@H](c3ccccc3OC)C2)cc1OC. The van der Waals surface area contributed by atoms with Crippen LogP contribution in [0.5, 0.6) is 34.5 Å². The molecule has 1 atom stereocenters. The average molecular weight is 507 g/mol. The lowest BCUT2D eigenvalue weighted by Crippen LogP contribution is -2.27. The number of methoxy groups -OCH3 is 6. The Kier molecular flexibility index (Phi) is 7.71. The van der Waals surface area contributed by atoms with Crippen LogP contribution >= 0.6 is 0 Å². The number of benzene rings is 3. The van der Waals surface area contributed by atoms with E-state index in [1.807, 2.05) is 42.5 Å². The fourth-order valence-corrected chi connectivity index (χ4v) is 4.41. The van der Waals surface area contributed by atoms with Crippen LogP contribution in [0, 0.1) is 0 Å². The molecule has 194 valence electrons. The molecule has 3 aromatic rings. The third kappa shape index (κ3) is 4.84. The van der Waals surface area contributed by atoms with E-state index in [2.05, 4.69) is 0 Å². The number of hydrogen-bond donors (Lipinski definition) is 0. The Bertz CT molecular complexity index is 1300. The van der Waals surface area contributed by atoms with Gasteiger partial charge in [0.1, 0.15) is 5.75 Å². The van der Waals surface area contributed by atoms with Crippen molar-refractivity contribution in [2.75, 3.05) is 42.7 Å². The summed E-state index contributed by atoms with van der Waals surface area (Å²) in [5.41, 5.74) is 2.71. The fourth-order valence-electron chi connectivity index (χ4n) is 4.41. The zero-order valence-corrected chi connectivity index (χ0v) is 21.7. The van der Waals surface area contributed by atoms with E-state index in [-0.39, 0.29) is 5.91 Å². The summed E-state index contributed by atoms with van der Waals surface area (Å²) < 4.78 is 32.8. The van der Waals surface area contributed by atoms with Gasteiger partial charge in [0.15, 0.2) is 23.0 Å². The second-order valence-corrected chi connectivity index (χ2v) is 8.14. The van der Waals surface area contributed by atoms with Crippen LogP contribution in [0.15, 0.2) is 59.7 Å². The smallest absolute Gasteiger partial charge is 0.274 e. The van der Waals surface area contributed by atoms with Gasteiger partial charge in [0.25, 0.3) is 5.91 Å². The zero-order chi connectivity index (χ0) is 26.5. The van der Waals surface area contributed by atoms with E-state index in [1.54, 1.807) is 33.5 Å². The molecule has 1 aliphatic heterocycles. The van der Waals surface area contributed by atoms with Crippen molar-refractivity contribution in [2.24, 2.45) is 5.10 Å². The van der Waals surface area contributed by atoms with Crippen LogP contribution in [0.4, 0.5) is 0 Å². The molecule has 0 fully saturated rings. The molecule has 0 saturated heterocycles. The monoisotopic (exact) mass is 506 g/mol. The van der Waals surface area contributed by atoms with Crippen LogP contribution in [0.2, 0.25) is 0 Å². The number of carbonyl (C=O) groups excluding carboxylic acids is 1. The van der Waals surface area contributed by atoms with Gasteiger partial charge in [0, 0.05) is 23.1 Å². The molecule has 0 saturated carbocycles. The Morgan fingerprint density at radius 2 is 1.35 bits per heavy atom. The maximum absolute atomic E-state index is 13.9. The van der Waals surface area contributed by atoms with Crippen molar-refractivity contribution in [3.8, 4) is 34.5 Å². The summed E-state index contributed by atoms with van der Waals surface area (Å²) >= 11 is 0. The standard InChI is InChI=1S/C28H30N2O7/c1-32-22-10-8-7-9-19(22)21-16-20(17-11-12-23(33-2)24(13-17)34-3)29-30(21)28(31)18-14-25(35-4)27(37-6)26(15-18)36-5/h7-15,21H,16H2,1-6H3/t21-/m0/s1. The first-order chi connectivity index (χ1) is 18.0. The minimum absolute atomic E-state index is 0.328. The molecular formula is C28H30N2O7. The maximum Gasteiger partial charge on any atom is 0.274 e. The number of nitrogens with zero attached hydrogens (tertiary/aromatic N) is 2. The van der Waals surface area contributed by atoms with E-state index in [1.165, 1.54) is 26.3 Å². The number of para-hydroxylation sites is 1. The molecule has 0 radical (unpaired) electrons. The van der Waals surface area contributed by atoms with Crippen molar-refractivity contribution in [1.29, 1.82) is 0 Å². The molecule has 0 N–H and O–H groups in total. The highest BCUT2D eigenvalue weighted by atomic mass is 16.5. The first-order valence-corrected chi connectivity index (χ1v) is 11.6. The van der Waals surface area contributed by atoms with Gasteiger partial charge in [-0.3, -0.25) is 4.79 Å². The Hall–Kier alpha value is -4.40. The maximum atomic E-state index is 13.9. The predicted molar refractivity (Wildman–Crippen MR) is 139 cm³/mol. The Balaban J connectivity index is 1.82. The van der Waals surface area contributed by atoms with Crippen LogP contribution in [0.1, 0.15) is 33.9 Å². The number of hydrazone groups is 1. The summed E-state index contributed by atoms with van der Waals surface area (Å²) in [6, 6.07) is 16.0. The summed E-state index contributed by atoms with van der Waals surface area (Å²) in [6.07, 6.45) is 0.464. The molecular weight excluding hydrogens is 476 g/mol. The lowest BCUT2D eigenvalue weighted by molar-refractivity contribution is 0.0708. The highest BCUT2D eigenvalue weighted by molar-refractivity contribution is 6.05. The molecule has 0 aromatic heterocycles. The normalized spacial score (nSPS) is 14.6. The molecule has 1 amide bonds. The third-order valence-corrected chi connectivity index (χ3v) is 6.24. The summed E-state index contributed by atoms with van der Waals surface area (Å²) in [7, 11) is 9.30. The molecule has 0 spiro atoms. The van der Waals surface area contributed by atoms with E-state index in [0.717, 1.165) is 16.8 Å². The topological polar surface area (TPSA) is 88.1 Å². The first-order valence-electron chi connectivity index (χ1n) is 11.6. The van der Waals surface area contributed by atoms with Crippen molar-refractivity contribution >= 4 is 11.6 Å². The second kappa shape index (κ2) is 11.1. The van der Waals surface area contributed by atoms with Gasteiger partial charge in [0.05, 0.1) is 54.4 Å². The summed E-state index contributed by atoms with van der Waals surface area (Å²) in [5.74, 6) is 2.68. The van der Waals surface area contributed by atoms with E-state index < -0.39 is 6.04 Å². The predicted octanol–water partition coefficient (Wildman–Crippen LogP) is 4.73. The molecule has 0 bridgehead atoms. The quantitative estimate of drug-likeness (QED) is 0.415. The minimum atomic E-state index is -0.411. The minimum Gasteiger partial charge on any atom is -0.496 e. The number of amides is 1. The highest BCUT2D eigenvalue weighted by Gasteiger charge is 2.36. The van der Waals surface area contributed by atoms with Crippen LogP contribution in [-0.2, 0) is 0 Å². The van der Waals surface area contributed by atoms with Crippen molar-refractivity contribution in [1.82, 2.24) is 5.01 Å². The van der Waals surface area contributed by atoms with Crippen molar-refractivity contribution in [2.45, 2.75) is 12.5 Å². The number of rotatable bonds is 9. The van der Waals surface area contributed by atoms with Crippen LogP contribution < -0.4 is 28.4 Å². The van der Waals surface area contributed by atoms with Crippen molar-refractivity contribution in [3.63, 3.8) is 0 Å². The molecule has 1 aliphatic rings. The largest absolute Gasteiger partial charge is 0.496 e. The third-order valence-electron chi connectivity index (χ3n) is 6.24. The Labute approximate surface area is 216 Å². The van der Waals surface area contributed by atoms with Crippen molar-refractivity contribution in [3.05, 3.63) is 71.3 Å². The lowest BCUT2D eigenvalue weighted by atomic mass is 9.97. The van der Waals surface area contributed by atoms with Gasteiger partial charge in [-0.05, 0) is 36.4 Å². The van der Waals surface area contributed by atoms with Gasteiger partial charge in [-0.1, -0.05) is 18.2 Å². The summed E-state index contributed by atoms with van der Waals surface area (Å²) in [4.78, 5) is 13.9. The average Bonchev–Trinajstić information content (AvgIpc) is 3.40. The summed E-state index contributed by atoms with van der Waals surface area (Å²) in [5, 5.41) is 6.26. The number of carbonyl (C=O) groups is 1. The molecule has 4 rings (SSSR count). The Morgan fingerprint density at radius 3 is 1.95 bits per heavy atom. The molecule has 9 heteroatoms.